The van der Waals surface area contributed by atoms with Crippen LogP contribution < -0.4 is 10.0 Å². The molecule has 0 aliphatic rings. The molecule has 0 spiro atoms. The molecule has 1 amide bonds. The third kappa shape index (κ3) is 4.55. The van der Waals surface area contributed by atoms with Crippen LogP contribution in [0.15, 0.2) is 71.6 Å². The van der Waals surface area contributed by atoms with Gasteiger partial charge in [-0.2, -0.15) is 0 Å². The van der Waals surface area contributed by atoms with Crippen molar-refractivity contribution in [3.8, 4) is 0 Å². The summed E-state index contributed by atoms with van der Waals surface area (Å²) in [5, 5.41) is 2.76. The summed E-state index contributed by atoms with van der Waals surface area (Å²) < 4.78 is 40.2. The highest BCUT2D eigenvalue weighted by molar-refractivity contribution is 7.92. The van der Waals surface area contributed by atoms with E-state index in [1.54, 1.807) is 6.07 Å². The number of sulfonamides is 1. The normalized spacial score (nSPS) is 11.1. The van der Waals surface area contributed by atoms with E-state index in [4.69, 9.17) is 0 Å². The molecule has 28 heavy (non-hydrogen) atoms. The molecule has 7 heteroatoms. The molecule has 0 radical (unpaired) electrons. The Morgan fingerprint density at radius 2 is 1.46 bits per heavy atom. The van der Waals surface area contributed by atoms with Gasteiger partial charge in [-0.15, -0.1) is 0 Å². The summed E-state index contributed by atoms with van der Waals surface area (Å²) in [7, 11) is -3.82. The van der Waals surface area contributed by atoms with Crippen LogP contribution in [0.3, 0.4) is 0 Å². The van der Waals surface area contributed by atoms with E-state index in [1.807, 2.05) is 26.0 Å². The predicted octanol–water partition coefficient (Wildman–Crippen LogP) is 4.50. The number of benzene rings is 3. The van der Waals surface area contributed by atoms with Crippen molar-refractivity contribution in [3.63, 3.8) is 0 Å². The van der Waals surface area contributed by atoms with E-state index in [2.05, 4.69) is 10.0 Å². The number of rotatable bonds is 5. The first-order valence-corrected chi connectivity index (χ1v) is 10.00. The maximum Gasteiger partial charge on any atom is 0.261 e. The van der Waals surface area contributed by atoms with Crippen LogP contribution in [-0.4, -0.2) is 14.3 Å². The van der Waals surface area contributed by atoms with Crippen molar-refractivity contribution in [2.45, 2.75) is 18.7 Å². The molecular formula is C21H19FN2O3S. The fourth-order valence-electron chi connectivity index (χ4n) is 2.72. The fraction of sp³-hybridized carbons (Fsp3) is 0.0952. The van der Waals surface area contributed by atoms with Gasteiger partial charge in [0.25, 0.3) is 15.9 Å². The van der Waals surface area contributed by atoms with Crippen molar-refractivity contribution in [2.75, 3.05) is 10.0 Å². The molecular weight excluding hydrogens is 379 g/mol. The van der Waals surface area contributed by atoms with Crippen LogP contribution in [0, 0.1) is 19.7 Å². The van der Waals surface area contributed by atoms with Crippen molar-refractivity contribution < 1.29 is 17.6 Å². The van der Waals surface area contributed by atoms with Gasteiger partial charge in [-0.25, -0.2) is 12.8 Å². The molecule has 144 valence electrons. The van der Waals surface area contributed by atoms with E-state index >= 15 is 0 Å². The van der Waals surface area contributed by atoms with E-state index in [9.17, 15) is 17.6 Å². The van der Waals surface area contributed by atoms with Gasteiger partial charge in [0.05, 0.1) is 4.90 Å². The first kappa shape index (κ1) is 19.6. The van der Waals surface area contributed by atoms with Gasteiger partial charge in [0.2, 0.25) is 0 Å². The second kappa shape index (κ2) is 7.82. The summed E-state index contributed by atoms with van der Waals surface area (Å²) in [5.41, 5.74) is 3.22. The Morgan fingerprint density at radius 1 is 0.857 bits per heavy atom. The summed E-state index contributed by atoms with van der Waals surface area (Å²) in [4.78, 5) is 12.5. The summed E-state index contributed by atoms with van der Waals surface area (Å²) >= 11 is 0. The number of carbonyl (C=O) groups is 1. The quantitative estimate of drug-likeness (QED) is 0.665. The highest BCUT2D eigenvalue weighted by Crippen LogP contribution is 2.19. The zero-order chi connectivity index (χ0) is 20.3. The zero-order valence-electron chi connectivity index (χ0n) is 15.4. The maximum atomic E-state index is 12.9. The van der Waals surface area contributed by atoms with E-state index in [1.165, 1.54) is 48.5 Å². The first-order chi connectivity index (χ1) is 13.2. The Labute approximate surface area is 163 Å². The summed E-state index contributed by atoms with van der Waals surface area (Å²) in [6.45, 7) is 3.81. The molecule has 3 rings (SSSR count). The topological polar surface area (TPSA) is 75.3 Å². The SMILES string of the molecule is Cc1ccc(C(=O)Nc2ccc(S(=O)(=O)Nc3ccc(F)cc3)cc2)c(C)c1. The Hall–Kier alpha value is -3.19. The Kier molecular flexibility index (Phi) is 5.46. The molecule has 3 aromatic rings. The van der Waals surface area contributed by atoms with E-state index < -0.39 is 15.8 Å². The second-order valence-corrected chi connectivity index (χ2v) is 8.09. The summed E-state index contributed by atoms with van der Waals surface area (Å²) in [6.07, 6.45) is 0. The largest absolute Gasteiger partial charge is 0.322 e. The number of nitrogens with one attached hydrogen (secondary N) is 2. The lowest BCUT2D eigenvalue weighted by atomic mass is 10.1. The van der Waals surface area contributed by atoms with Gasteiger partial charge in [0, 0.05) is 16.9 Å². The van der Waals surface area contributed by atoms with Crippen LogP contribution >= 0.6 is 0 Å². The number of hydrogen-bond donors (Lipinski definition) is 2. The fourth-order valence-corrected chi connectivity index (χ4v) is 3.77. The van der Waals surface area contributed by atoms with Gasteiger partial charge in [-0.1, -0.05) is 17.7 Å². The molecule has 0 heterocycles. The minimum Gasteiger partial charge on any atom is -0.322 e. The number of amides is 1. The van der Waals surface area contributed by atoms with Gasteiger partial charge >= 0.3 is 0 Å². The Bertz CT molecular complexity index is 1110. The van der Waals surface area contributed by atoms with E-state index in [0.717, 1.165) is 11.1 Å². The highest BCUT2D eigenvalue weighted by Gasteiger charge is 2.15. The van der Waals surface area contributed by atoms with Crippen molar-refractivity contribution in [3.05, 3.63) is 89.2 Å². The van der Waals surface area contributed by atoms with Gasteiger partial charge in [0.15, 0.2) is 0 Å². The number of halogens is 1. The van der Waals surface area contributed by atoms with Gasteiger partial charge in [-0.3, -0.25) is 9.52 Å². The lowest BCUT2D eigenvalue weighted by Crippen LogP contribution is -2.15. The minimum absolute atomic E-state index is 0.0290. The number of aryl methyl sites for hydroxylation is 2. The van der Waals surface area contributed by atoms with Crippen LogP contribution in [-0.2, 0) is 10.0 Å². The number of carbonyl (C=O) groups excluding carboxylic acids is 1. The van der Waals surface area contributed by atoms with Crippen LogP contribution in [0.2, 0.25) is 0 Å². The molecule has 3 aromatic carbocycles. The average Bonchev–Trinajstić information content (AvgIpc) is 2.64. The summed E-state index contributed by atoms with van der Waals surface area (Å²) in [6, 6.07) is 16.4. The molecule has 0 fully saturated rings. The molecule has 0 bridgehead atoms. The Morgan fingerprint density at radius 3 is 2.07 bits per heavy atom. The molecule has 0 aliphatic carbocycles. The first-order valence-electron chi connectivity index (χ1n) is 8.52. The Balaban J connectivity index is 1.73. The van der Waals surface area contributed by atoms with Gasteiger partial charge in [-0.05, 0) is 74.0 Å². The smallest absolute Gasteiger partial charge is 0.261 e. The lowest BCUT2D eigenvalue weighted by Gasteiger charge is -2.10. The third-order valence-corrected chi connectivity index (χ3v) is 5.54. The molecule has 0 unspecified atom stereocenters. The minimum atomic E-state index is -3.82. The van der Waals surface area contributed by atoms with Crippen molar-refractivity contribution >= 4 is 27.3 Å². The standard InChI is InChI=1S/C21H19FN2O3S/c1-14-3-12-20(15(2)13-14)21(25)23-17-8-10-19(11-9-17)28(26,27)24-18-6-4-16(22)5-7-18/h3-13,24H,1-2H3,(H,23,25). The molecule has 0 aliphatic heterocycles. The number of anilines is 2. The van der Waals surface area contributed by atoms with Crippen molar-refractivity contribution in [1.82, 2.24) is 0 Å². The van der Waals surface area contributed by atoms with E-state index in [0.29, 0.717) is 11.3 Å². The monoisotopic (exact) mass is 398 g/mol. The molecule has 0 aromatic heterocycles. The van der Waals surface area contributed by atoms with Crippen LogP contribution in [0.5, 0.6) is 0 Å². The van der Waals surface area contributed by atoms with Gasteiger partial charge < -0.3 is 5.32 Å². The van der Waals surface area contributed by atoms with Crippen LogP contribution in [0.25, 0.3) is 0 Å². The molecule has 0 saturated heterocycles. The molecule has 0 atom stereocenters. The third-order valence-electron chi connectivity index (χ3n) is 4.15. The number of hydrogen-bond acceptors (Lipinski definition) is 3. The highest BCUT2D eigenvalue weighted by atomic mass is 32.2. The maximum absolute atomic E-state index is 12.9. The predicted molar refractivity (Wildman–Crippen MR) is 108 cm³/mol. The average molecular weight is 398 g/mol. The van der Waals surface area contributed by atoms with Crippen molar-refractivity contribution in [1.29, 1.82) is 0 Å². The lowest BCUT2D eigenvalue weighted by molar-refractivity contribution is 0.102. The molecule has 5 nitrogen and oxygen atoms in total. The van der Waals surface area contributed by atoms with Crippen molar-refractivity contribution in [2.24, 2.45) is 0 Å². The summed E-state index contributed by atoms with van der Waals surface area (Å²) in [5.74, 6) is -0.718. The van der Waals surface area contributed by atoms with Gasteiger partial charge in [0.1, 0.15) is 5.82 Å². The molecule has 0 saturated carbocycles. The van der Waals surface area contributed by atoms with E-state index in [-0.39, 0.29) is 16.5 Å². The van der Waals surface area contributed by atoms with Crippen LogP contribution in [0.4, 0.5) is 15.8 Å². The van der Waals surface area contributed by atoms with Crippen LogP contribution in [0.1, 0.15) is 21.5 Å². The zero-order valence-corrected chi connectivity index (χ0v) is 16.2. The molecule has 2 N–H and O–H groups in total. The second-order valence-electron chi connectivity index (χ2n) is 6.41.